The lowest BCUT2D eigenvalue weighted by atomic mass is 9.79. The summed E-state index contributed by atoms with van der Waals surface area (Å²) in [6.45, 7) is 7.67. The SMILES string of the molecule is CC1(C)OB(c2ccc(NC(=O)OCc3ccccc3)c([N+](=O)[O-])c2)OC1(C)C. The van der Waals surface area contributed by atoms with E-state index in [1.54, 1.807) is 6.07 Å². The zero-order valence-corrected chi connectivity index (χ0v) is 16.8. The van der Waals surface area contributed by atoms with Crippen molar-refractivity contribution < 1.29 is 23.8 Å². The molecule has 152 valence electrons. The Hall–Kier alpha value is -2.91. The van der Waals surface area contributed by atoms with Gasteiger partial charge in [0, 0.05) is 6.07 Å². The fraction of sp³-hybridized carbons (Fsp3) is 0.350. The van der Waals surface area contributed by atoms with Crippen LogP contribution < -0.4 is 10.8 Å². The van der Waals surface area contributed by atoms with E-state index in [1.807, 2.05) is 58.0 Å². The number of hydrogen-bond donors (Lipinski definition) is 1. The van der Waals surface area contributed by atoms with Gasteiger partial charge in [0.1, 0.15) is 12.3 Å². The van der Waals surface area contributed by atoms with Crippen LogP contribution in [0.1, 0.15) is 33.3 Å². The van der Waals surface area contributed by atoms with Crippen LogP contribution in [0.3, 0.4) is 0 Å². The molecule has 1 aliphatic rings. The molecule has 1 N–H and O–H groups in total. The first-order valence-corrected chi connectivity index (χ1v) is 9.21. The Labute approximate surface area is 169 Å². The molecule has 0 aromatic heterocycles. The van der Waals surface area contributed by atoms with Gasteiger partial charge in [-0.3, -0.25) is 15.4 Å². The number of nitro benzene ring substituents is 1. The van der Waals surface area contributed by atoms with Crippen molar-refractivity contribution >= 4 is 30.0 Å². The van der Waals surface area contributed by atoms with Crippen molar-refractivity contribution in [1.29, 1.82) is 0 Å². The zero-order chi connectivity index (χ0) is 21.2. The highest BCUT2D eigenvalue weighted by Crippen LogP contribution is 2.37. The summed E-state index contributed by atoms with van der Waals surface area (Å²) in [6, 6.07) is 13.6. The van der Waals surface area contributed by atoms with Gasteiger partial charge in [-0.05, 0) is 44.8 Å². The predicted octanol–water partition coefficient (Wildman–Crippen LogP) is 3.64. The van der Waals surface area contributed by atoms with Crippen LogP contribution in [0.15, 0.2) is 48.5 Å². The Morgan fingerprint density at radius 3 is 2.31 bits per heavy atom. The lowest BCUT2D eigenvalue weighted by Crippen LogP contribution is -2.41. The van der Waals surface area contributed by atoms with Crippen molar-refractivity contribution in [2.24, 2.45) is 0 Å². The molecule has 2 aromatic rings. The second-order valence-electron chi connectivity index (χ2n) is 7.81. The summed E-state index contributed by atoms with van der Waals surface area (Å²) in [5, 5.41) is 14.0. The second kappa shape index (κ2) is 7.84. The van der Waals surface area contributed by atoms with Gasteiger partial charge in [-0.2, -0.15) is 0 Å². The minimum atomic E-state index is -0.777. The maximum absolute atomic E-state index is 12.1. The molecule has 0 spiro atoms. The van der Waals surface area contributed by atoms with Crippen molar-refractivity contribution in [1.82, 2.24) is 0 Å². The minimum absolute atomic E-state index is 0.0355. The standard InChI is InChI=1S/C20H23BN2O6/c1-19(2)20(3,4)29-21(28-19)15-10-11-16(17(12-15)23(25)26)22-18(24)27-13-14-8-6-5-7-9-14/h5-12H,13H2,1-4H3,(H,22,24). The number of anilines is 1. The molecule has 9 heteroatoms. The summed E-state index contributed by atoms with van der Waals surface area (Å²) in [5.41, 5.74) is -0.0519. The van der Waals surface area contributed by atoms with Crippen molar-refractivity contribution in [2.45, 2.75) is 45.5 Å². The number of carbonyl (C=O) groups excluding carboxylic acids is 1. The third-order valence-electron chi connectivity index (χ3n) is 5.19. The summed E-state index contributed by atoms with van der Waals surface area (Å²) in [7, 11) is -0.738. The molecule has 0 atom stereocenters. The minimum Gasteiger partial charge on any atom is -0.444 e. The summed E-state index contributed by atoms with van der Waals surface area (Å²) in [4.78, 5) is 23.0. The summed E-state index contributed by atoms with van der Waals surface area (Å²) in [5.74, 6) is 0. The van der Waals surface area contributed by atoms with Gasteiger partial charge in [0.25, 0.3) is 5.69 Å². The third kappa shape index (κ3) is 4.57. The first kappa shape index (κ1) is 20.8. The molecule has 1 heterocycles. The number of rotatable bonds is 5. The van der Waals surface area contributed by atoms with Gasteiger partial charge in [-0.25, -0.2) is 4.79 Å². The van der Waals surface area contributed by atoms with Crippen LogP contribution in [0.25, 0.3) is 0 Å². The zero-order valence-electron chi connectivity index (χ0n) is 16.8. The molecule has 0 bridgehead atoms. The number of benzene rings is 2. The average Bonchev–Trinajstić information content (AvgIpc) is 2.88. The van der Waals surface area contributed by atoms with Crippen LogP contribution in [0, 0.1) is 10.1 Å². The Balaban J connectivity index is 1.73. The van der Waals surface area contributed by atoms with E-state index in [0.29, 0.717) is 5.46 Å². The predicted molar refractivity (Wildman–Crippen MR) is 109 cm³/mol. The van der Waals surface area contributed by atoms with Gasteiger partial charge in [-0.15, -0.1) is 0 Å². The third-order valence-corrected chi connectivity index (χ3v) is 5.19. The van der Waals surface area contributed by atoms with Crippen LogP contribution in [-0.2, 0) is 20.7 Å². The molecule has 29 heavy (non-hydrogen) atoms. The molecular formula is C20H23BN2O6. The second-order valence-corrected chi connectivity index (χ2v) is 7.81. The van der Waals surface area contributed by atoms with Gasteiger partial charge in [0.15, 0.2) is 0 Å². The van der Waals surface area contributed by atoms with E-state index in [0.717, 1.165) is 5.56 Å². The highest BCUT2D eigenvalue weighted by molar-refractivity contribution is 6.62. The number of nitro groups is 1. The van der Waals surface area contributed by atoms with Crippen LogP contribution in [0.4, 0.5) is 16.2 Å². The Bertz CT molecular complexity index is 900. The fourth-order valence-corrected chi connectivity index (χ4v) is 2.80. The number of amides is 1. The van der Waals surface area contributed by atoms with E-state index < -0.39 is 29.3 Å². The first-order chi connectivity index (χ1) is 13.6. The molecule has 0 aliphatic carbocycles. The van der Waals surface area contributed by atoms with Crippen molar-refractivity contribution in [2.75, 3.05) is 5.32 Å². The van der Waals surface area contributed by atoms with Crippen LogP contribution in [0.5, 0.6) is 0 Å². The summed E-state index contributed by atoms with van der Waals surface area (Å²) < 4.78 is 17.0. The Kier molecular flexibility index (Phi) is 5.63. The fourth-order valence-electron chi connectivity index (χ4n) is 2.80. The topological polar surface area (TPSA) is 99.9 Å². The summed E-state index contributed by atoms with van der Waals surface area (Å²) in [6.07, 6.45) is -0.777. The molecule has 1 aliphatic heterocycles. The van der Waals surface area contributed by atoms with Gasteiger partial charge in [0.05, 0.1) is 16.1 Å². The summed E-state index contributed by atoms with van der Waals surface area (Å²) >= 11 is 0. The Morgan fingerprint density at radius 1 is 1.10 bits per heavy atom. The van der Waals surface area contributed by atoms with E-state index in [1.165, 1.54) is 12.1 Å². The molecular weight excluding hydrogens is 375 g/mol. The molecule has 1 fully saturated rings. The molecule has 2 aromatic carbocycles. The van der Waals surface area contributed by atoms with Crippen molar-refractivity contribution in [3.8, 4) is 0 Å². The average molecular weight is 398 g/mol. The highest BCUT2D eigenvalue weighted by atomic mass is 16.7. The molecule has 3 rings (SSSR count). The number of carbonyl (C=O) groups is 1. The number of ether oxygens (including phenoxy) is 1. The van der Waals surface area contributed by atoms with E-state index in [4.69, 9.17) is 14.0 Å². The van der Waals surface area contributed by atoms with Gasteiger partial charge >= 0.3 is 13.2 Å². The van der Waals surface area contributed by atoms with E-state index >= 15 is 0 Å². The van der Waals surface area contributed by atoms with E-state index in [9.17, 15) is 14.9 Å². The number of hydrogen-bond acceptors (Lipinski definition) is 6. The lowest BCUT2D eigenvalue weighted by molar-refractivity contribution is -0.383. The molecule has 0 radical (unpaired) electrons. The maximum Gasteiger partial charge on any atom is 0.495 e. The van der Waals surface area contributed by atoms with Crippen LogP contribution >= 0.6 is 0 Å². The van der Waals surface area contributed by atoms with Crippen LogP contribution in [-0.4, -0.2) is 29.3 Å². The van der Waals surface area contributed by atoms with Crippen molar-refractivity contribution in [3.05, 3.63) is 64.2 Å². The van der Waals surface area contributed by atoms with Gasteiger partial charge in [-0.1, -0.05) is 36.4 Å². The van der Waals surface area contributed by atoms with E-state index in [2.05, 4.69) is 5.32 Å². The monoisotopic (exact) mass is 398 g/mol. The molecule has 1 amide bonds. The molecule has 0 unspecified atom stereocenters. The number of nitrogens with zero attached hydrogens (tertiary/aromatic N) is 1. The van der Waals surface area contributed by atoms with Gasteiger partial charge < -0.3 is 14.0 Å². The smallest absolute Gasteiger partial charge is 0.444 e. The molecule has 0 saturated carbocycles. The first-order valence-electron chi connectivity index (χ1n) is 9.21. The largest absolute Gasteiger partial charge is 0.495 e. The van der Waals surface area contributed by atoms with E-state index in [-0.39, 0.29) is 18.0 Å². The Morgan fingerprint density at radius 2 is 1.72 bits per heavy atom. The molecule has 1 saturated heterocycles. The number of nitrogens with one attached hydrogen (secondary N) is 1. The van der Waals surface area contributed by atoms with Crippen LogP contribution in [0.2, 0.25) is 0 Å². The maximum atomic E-state index is 12.1. The van der Waals surface area contributed by atoms with Gasteiger partial charge in [0.2, 0.25) is 0 Å². The quantitative estimate of drug-likeness (QED) is 0.469. The molecule has 8 nitrogen and oxygen atoms in total. The van der Waals surface area contributed by atoms with Crippen molar-refractivity contribution in [3.63, 3.8) is 0 Å². The lowest BCUT2D eigenvalue weighted by Gasteiger charge is -2.32. The normalized spacial score (nSPS) is 17.0. The highest BCUT2D eigenvalue weighted by Gasteiger charge is 2.52.